The van der Waals surface area contributed by atoms with Gasteiger partial charge in [0, 0.05) is 23.9 Å². The largest absolute Gasteiger partial charge is 0.326 e. The third kappa shape index (κ3) is 3.57. The Morgan fingerprint density at radius 1 is 0.929 bits per heavy atom. The lowest BCUT2D eigenvalue weighted by Crippen LogP contribution is -2.42. The fourth-order valence-electron chi connectivity index (χ4n) is 3.36. The predicted octanol–water partition coefficient (Wildman–Crippen LogP) is 3.54. The van der Waals surface area contributed by atoms with Crippen LogP contribution in [0.2, 0.25) is 0 Å². The number of para-hydroxylation sites is 2. The molecule has 1 aliphatic rings. The van der Waals surface area contributed by atoms with E-state index in [-0.39, 0.29) is 37.1 Å². The Kier molecular flexibility index (Phi) is 4.76. The van der Waals surface area contributed by atoms with Gasteiger partial charge >= 0.3 is 0 Å². The van der Waals surface area contributed by atoms with Gasteiger partial charge in [-0.3, -0.25) is 14.4 Å². The van der Waals surface area contributed by atoms with Crippen LogP contribution >= 0.6 is 0 Å². The Hall–Kier alpha value is -3.67. The van der Waals surface area contributed by atoms with Gasteiger partial charge in [0.1, 0.15) is 6.54 Å². The maximum absolute atomic E-state index is 12.6. The molecule has 1 heterocycles. The number of carbonyl (C=O) groups is 3. The highest BCUT2D eigenvalue weighted by Crippen LogP contribution is 2.29. The topological polar surface area (TPSA) is 78.5 Å². The van der Waals surface area contributed by atoms with E-state index in [1.54, 1.807) is 18.2 Å². The number of rotatable bonds is 4. The SMILES string of the molecule is O=C1CN(C(=O)CCC(=O)Nc2cccc3ccccc23)c2ccccc2N1. The molecule has 0 aliphatic carbocycles. The Morgan fingerprint density at radius 3 is 2.57 bits per heavy atom. The summed E-state index contributed by atoms with van der Waals surface area (Å²) in [5.74, 6) is -0.734. The molecule has 140 valence electrons. The minimum atomic E-state index is -0.254. The first-order valence-corrected chi connectivity index (χ1v) is 9.09. The molecule has 1 aliphatic heterocycles. The Balaban J connectivity index is 1.42. The zero-order chi connectivity index (χ0) is 19.5. The molecule has 0 fully saturated rings. The van der Waals surface area contributed by atoms with Gasteiger partial charge in [-0.05, 0) is 23.6 Å². The first-order chi connectivity index (χ1) is 13.6. The highest BCUT2D eigenvalue weighted by molar-refractivity contribution is 6.10. The zero-order valence-electron chi connectivity index (χ0n) is 15.1. The van der Waals surface area contributed by atoms with Crippen molar-refractivity contribution in [2.24, 2.45) is 0 Å². The normalized spacial score (nSPS) is 13.0. The van der Waals surface area contributed by atoms with Gasteiger partial charge in [0.15, 0.2) is 0 Å². The van der Waals surface area contributed by atoms with Crippen molar-refractivity contribution in [3.8, 4) is 0 Å². The first kappa shape index (κ1) is 17.7. The van der Waals surface area contributed by atoms with Crippen LogP contribution < -0.4 is 15.5 Å². The lowest BCUT2D eigenvalue weighted by Gasteiger charge is -2.29. The van der Waals surface area contributed by atoms with Crippen molar-refractivity contribution in [3.05, 3.63) is 66.7 Å². The van der Waals surface area contributed by atoms with E-state index in [1.807, 2.05) is 48.5 Å². The van der Waals surface area contributed by atoms with Crippen LogP contribution in [0.15, 0.2) is 66.7 Å². The number of fused-ring (bicyclic) bond motifs is 2. The summed E-state index contributed by atoms with van der Waals surface area (Å²) in [6.07, 6.45) is 0.0700. The number of amides is 3. The van der Waals surface area contributed by atoms with Gasteiger partial charge in [0.2, 0.25) is 17.7 Å². The van der Waals surface area contributed by atoms with E-state index in [2.05, 4.69) is 10.6 Å². The van der Waals surface area contributed by atoms with Gasteiger partial charge in [-0.15, -0.1) is 0 Å². The highest BCUT2D eigenvalue weighted by atomic mass is 16.2. The first-order valence-electron chi connectivity index (χ1n) is 9.09. The van der Waals surface area contributed by atoms with E-state index in [4.69, 9.17) is 0 Å². The van der Waals surface area contributed by atoms with Crippen LogP contribution in [0, 0.1) is 0 Å². The number of anilines is 3. The van der Waals surface area contributed by atoms with E-state index in [1.165, 1.54) is 4.90 Å². The average Bonchev–Trinajstić information content (AvgIpc) is 2.71. The molecule has 0 bridgehead atoms. The summed E-state index contributed by atoms with van der Waals surface area (Å²) in [7, 11) is 0. The molecule has 28 heavy (non-hydrogen) atoms. The monoisotopic (exact) mass is 373 g/mol. The molecule has 6 nitrogen and oxygen atoms in total. The Bertz CT molecular complexity index is 1070. The summed E-state index contributed by atoms with van der Waals surface area (Å²) in [5.41, 5.74) is 1.98. The van der Waals surface area contributed by atoms with Crippen molar-refractivity contribution < 1.29 is 14.4 Å². The van der Waals surface area contributed by atoms with Crippen LogP contribution in [0.3, 0.4) is 0 Å². The van der Waals surface area contributed by atoms with Crippen LogP contribution in [-0.4, -0.2) is 24.3 Å². The molecule has 0 aromatic heterocycles. The standard InChI is InChI=1S/C22H19N3O3/c26-20(23-17-10-5-7-15-6-1-2-8-16(15)17)12-13-22(28)25-14-21(27)24-18-9-3-4-11-19(18)25/h1-11H,12-14H2,(H,23,26)(H,24,27). The van der Waals surface area contributed by atoms with E-state index >= 15 is 0 Å². The quantitative estimate of drug-likeness (QED) is 0.734. The fraction of sp³-hybridized carbons (Fsp3) is 0.136. The minimum Gasteiger partial charge on any atom is -0.326 e. The molecule has 4 rings (SSSR count). The van der Waals surface area contributed by atoms with E-state index in [9.17, 15) is 14.4 Å². The van der Waals surface area contributed by atoms with Crippen molar-refractivity contribution in [1.29, 1.82) is 0 Å². The van der Waals surface area contributed by atoms with Crippen molar-refractivity contribution in [3.63, 3.8) is 0 Å². The number of hydrogen-bond acceptors (Lipinski definition) is 3. The van der Waals surface area contributed by atoms with Crippen LogP contribution in [0.25, 0.3) is 10.8 Å². The van der Waals surface area contributed by atoms with Crippen molar-refractivity contribution in [1.82, 2.24) is 0 Å². The molecule has 3 aromatic carbocycles. The summed E-state index contributed by atoms with van der Waals surface area (Å²) in [6, 6.07) is 20.6. The van der Waals surface area contributed by atoms with Gasteiger partial charge in [-0.1, -0.05) is 48.5 Å². The van der Waals surface area contributed by atoms with Crippen molar-refractivity contribution in [2.75, 3.05) is 22.1 Å². The summed E-state index contributed by atoms with van der Waals surface area (Å²) < 4.78 is 0. The third-order valence-electron chi connectivity index (χ3n) is 4.70. The second-order valence-electron chi connectivity index (χ2n) is 6.62. The maximum atomic E-state index is 12.6. The lowest BCUT2D eigenvalue weighted by atomic mass is 10.1. The molecule has 3 aromatic rings. The number of carbonyl (C=O) groups excluding carboxylic acids is 3. The smallest absolute Gasteiger partial charge is 0.244 e. The second kappa shape index (κ2) is 7.52. The van der Waals surface area contributed by atoms with Crippen LogP contribution in [0.1, 0.15) is 12.8 Å². The Labute approximate surface area is 162 Å². The molecule has 3 amide bonds. The molecule has 0 radical (unpaired) electrons. The fourth-order valence-corrected chi connectivity index (χ4v) is 3.36. The summed E-state index contributed by atoms with van der Waals surface area (Å²) in [5, 5.41) is 7.61. The van der Waals surface area contributed by atoms with E-state index in [0.29, 0.717) is 11.4 Å². The number of hydrogen-bond donors (Lipinski definition) is 2. The average molecular weight is 373 g/mol. The summed E-state index contributed by atoms with van der Waals surface area (Å²) >= 11 is 0. The third-order valence-corrected chi connectivity index (χ3v) is 4.70. The molecule has 2 N–H and O–H groups in total. The lowest BCUT2D eigenvalue weighted by molar-refractivity contribution is -0.124. The molecule has 0 saturated heterocycles. The maximum Gasteiger partial charge on any atom is 0.244 e. The number of benzene rings is 3. The van der Waals surface area contributed by atoms with Gasteiger partial charge in [-0.2, -0.15) is 0 Å². The number of nitrogens with one attached hydrogen (secondary N) is 2. The highest BCUT2D eigenvalue weighted by Gasteiger charge is 2.26. The van der Waals surface area contributed by atoms with Crippen LogP contribution in [-0.2, 0) is 14.4 Å². The molecule has 0 spiro atoms. The van der Waals surface area contributed by atoms with Gasteiger partial charge in [0.25, 0.3) is 0 Å². The molecular weight excluding hydrogens is 354 g/mol. The van der Waals surface area contributed by atoms with Gasteiger partial charge in [-0.25, -0.2) is 0 Å². The Morgan fingerprint density at radius 2 is 1.68 bits per heavy atom. The predicted molar refractivity (Wildman–Crippen MR) is 109 cm³/mol. The van der Waals surface area contributed by atoms with Crippen LogP contribution in [0.5, 0.6) is 0 Å². The molecule has 0 unspecified atom stereocenters. The van der Waals surface area contributed by atoms with Gasteiger partial charge < -0.3 is 15.5 Å². The molecule has 0 saturated carbocycles. The van der Waals surface area contributed by atoms with Crippen molar-refractivity contribution in [2.45, 2.75) is 12.8 Å². The summed E-state index contributed by atoms with van der Waals surface area (Å²) in [4.78, 5) is 38.3. The van der Waals surface area contributed by atoms with E-state index in [0.717, 1.165) is 16.5 Å². The second-order valence-corrected chi connectivity index (χ2v) is 6.62. The van der Waals surface area contributed by atoms with Crippen molar-refractivity contribution >= 4 is 45.6 Å². The molecule has 6 heteroatoms. The van der Waals surface area contributed by atoms with Gasteiger partial charge in [0.05, 0.1) is 11.4 Å². The van der Waals surface area contributed by atoms with E-state index < -0.39 is 0 Å². The zero-order valence-corrected chi connectivity index (χ0v) is 15.1. The molecule has 0 atom stereocenters. The van der Waals surface area contributed by atoms with Crippen LogP contribution in [0.4, 0.5) is 17.1 Å². The summed E-state index contributed by atoms with van der Waals surface area (Å²) in [6.45, 7) is -0.0409. The number of nitrogens with zero attached hydrogens (tertiary/aromatic N) is 1. The minimum absolute atomic E-state index is 0.0260. The molecular formula is C22H19N3O3.